The molecular weight excluding hydrogens is 267 g/mol. The molecule has 0 aromatic carbocycles. The van der Waals surface area contributed by atoms with E-state index in [1.54, 1.807) is 0 Å². The lowest BCUT2D eigenvalue weighted by Gasteiger charge is -2.59. The molecular formula is C20H36BO-. The van der Waals surface area contributed by atoms with Gasteiger partial charge in [-0.15, -0.1) is 5.73 Å². The first-order valence-electron chi connectivity index (χ1n) is 9.92. The van der Waals surface area contributed by atoms with Gasteiger partial charge in [0.05, 0.1) is 13.3 Å². The summed E-state index contributed by atoms with van der Waals surface area (Å²) in [5.41, 5.74) is 4.38. The van der Waals surface area contributed by atoms with Crippen LogP contribution in [-0.2, 0) is 4.74 Å². The Morgan fingerprint density at radius 2 is 1.55 bits per heavy atom. The molecule has 2 aliphatic rings. The Morgan fingerprint density at radius 1 is 1.00 bits per heavy atom. The van der Waals surface area contributed by atoms with Crippen LogP contribution < -0.4 is 0 Å². The van der Waals surface area contributed by atoms with E-state index in [4.69, 9.17) is 4.74 Å². The van der Waals surface area contributed by atoms with Crippen molar-refractivity contribution < 1.29 is 4.74 Å². The van der Waals surface area contributed by atoms with Crippen molar-refractivity contribution in [2.24, 2.45) is 0 Å². The second-order valence-electron chi connectivity index (χ2n) is 7.88. The number of unbranched alkanes of at least 4 members (excludes halogenated alkanes) is 5. The fourth-order valence-electron chi connectivity index (χ4n) is 5.92. The van der Waals surface area contributed by atoms with Crippen molar-refractivity contribution in [2.45, 2.75) is 102 Å². The molecule has 2 saturated heterocycles. The number of fused-ring (bicyclic) bond motifs is 2. The van der Waals surface area contributed by atoms with E-state index in [2.05, 4.69) is 19.2 Å². The molecule has 0 aromatic heterocycles. The number of methoxy groups -OCH3 is 1. The van der Waals surface area contributed by atoms with Gasteiger partial charge in [-0.1, -0.05) is 90.6 Å². The summed E-state index contributed by atoms with van der Waals surface area (Å²) in [7, 11) is 1.85. The first-order valence-corrected chi connectivity index (χ1v) is 9.92. The number of rotatable bonds is 9. The Balaban J connectivity index is 2.04. The zero-order valence-electron chi connectivity index (χ0n) is 15.0. The highest BCUT2D eigenvalue weighted by molar-refractivity contribution is 6.88. The maximum absolute atomic E-state index is 5.85. The molecule has 0 radical (unpaired) electrons. The van der Waals surface area contributed by atoms with Crippen molar-refractivity contribution in [1.82, 2.24) is 0 Å². The second-order valence-corrected chi connectivity index (χ2v) is 7.88. The van der Waals surface area contributed by atoms with Gasteiger partial charge >= 0.3 is 0 Å². The Morgan fingerprint density at radius 3 is 2.05 bits per heavy atom. The zero-order valence-corrected chi connectivity index (χ0v) is 15.0. The van der Waals surface area contributed by atoms with Crippen LogP contribution in [0.2, 0.25) is 18.0 Å². The van der Waals surface area contributed by atoms with Crippen molar-refractivity contribution in [2.75, 3.05) is 7.11 Å². The molecule has 0 amide bonds. The van der Waals surface area contributed by atoms with Crippen molar-refractivity contribution in [1.29, 1.82) is 0 Å². The maximum Gasteiger partial charge on any atom is 0.0835 e. The molecule has 22 heavy (non-hydrogen) atoms. The highest BCUT2D eigenvalue weighted by Crippen LogP contribution is 2.58. The molecule has 2 heterocycles. The number of hydrogen-bond donors (Lipinski definition) is 0. The molecule has 0 spiro atoms. The molecule has 2 rings (SSSR count). The lowest BCUT2D eigenvalue weighted by Crippen LogP contribution is -2.51. The second kappa shape index (κ2) is 8.87. The van der Waals surface area contributed by atoms with Crippen LogP contribution in [0.4, 0.5) is 0 Å². The van der Waals surface area contributed by atoms with Gasteiger partial charge in [0, 0.05) is 0 Å². The quantitative estimate of drug-likeness (QED) is 0.198. The van der Waals surface area contributed by atoms with E-state index in [0.717, 1.165) is 17.3 Å². The fraction of sp³-hybridized carbons (Fsp3) is 0.850. The highest BCUT2D eigenvalue weighted by atomic mass is 16.5. The molecule has 2 heteroatoms. The van der Waals surface area contributed by atoms with Crippen LogP contribution in [-0.4, -0.2) is 13.3 Å². The van der Waals surface area contributed by atoms with Gasteiger partial charge in [0.25, 0.3) is 0 Å². The van der Waals surface area contributed by atoms with Gasteiger partial charge in [-0.05, 0) is 5.66 Å². The van der Waals surface area contributed by atoms with Crippen molar-refractivity contribution >= 4 is 6.15 Å². The summed E-state index contributed by atoms with van der Waals surface area (Å²) in [6.07, 6.45) is 17.7. The van der Waals surface area contributed by atoms with Gasteiger partial charge < -0.3 is 4.74 Å². The van der Waals surface area contributed by atoms with E-state index in [0.29, 0.717) is 0 Å². The first-order chi connectivity index (χ1) is 10.8. The van der Waals surface area contributed by atoms with Crippen LogP contribution in [0.15, 0.2) is 18.0 Å². The molecule has 0 atom stereocenters. The van der Waals surface area contributed by atoms with Crippen LogP contribution in [0, 0.1) is 0 Å². The summed E-state index contributed by atoms with van der Waals surface area (Å²) in [5.74, 6) is 1.76. The van der Waals surface area contributed by atoms with E-state index >= 15 is 0 Å². The smallest absolute Gasteiger partial charge is 0.0835 e. The van der Waals surface area contributed by atoms with E-state index in [9.17, 15) is 0 Å². The van der Waals surface area contributed by atoms with Gasteiger partial charge in [-0.25, -0.2) is 0 Å². The summed E-state index contributed by atoms with van der Waals surface area (Å²) < 4.78 is 5.85. The summed E-state index contributed by atoms with van der Waals surface area (Å²) in [6, 6.07) is 0. The van der Waals surface area contributed by atoms with Gasteiger partial charge in [0.15, 0.2) is 0 Å². The monoisotopic (exact) mass is 303 g/mol. The SMILES string of the molecule is C=C=C(OC)[B-]1(CCCCCCCC)C2CCCC1CCC2. The number of ether oxygens (including phenoxy) is 1. The first kappa shape index (κ1) is 17.7. The van der Waals surface area contributed by atoms with Crippen molar-refractivity contribution in [3.05, 3.63) is 18.0 Å². The lowest BCUT2D eigenvalue weighted by atomic mass is 9.07. The minimum atomic E-state index is -0.526. The van der Waals surface area contributed by atoms with Crippen molar-refractivity contribution in [3.8, 4) is 0 Å². The Bertz CT molecular complexity index is 361. The lowest BCUT2D eigenvalue weighted by molar-refractivity contribution is 0.301. The Kier molecular flexibility index (Phi) is 7.15. The molecule has 0 aliphatic carbocycles. The zero-order chi connectivity index (χ0) is 15.8. The molecule has 2 bridgehead atoms. The van der Waals surface area contributed by atoms with Crippen LogP contribution >= 0.6 is 0 Å². The maximum atomic E-state index is 5.85. The van der Waals surface area contributed by atoms with Crippen LogP contribution in [0.3, 0.4) is 0 Å². The third-order valence-corrected chi connectivity index (χ3v) is 6.90. The summed E-state index contributed by atoms with van der Waals surface area (Å²) in [5, 5.41) is 0. The molecule has 0 aromatic rings. The Hall–Kier alpha value is -0.615. The Labute approximate surface area is 138 Å². The average Bonchev–Trinajstić information content (AvgIpc) is 2.51. The van der Waals surface area contributed by atoms with Crippen molar-refractivity contribution in [3.63, 3.8) is 0 Å². The highest BCUT2D eigenvalue weighted by Gasteiger charge is 2.46. The minimum Gasteiger partial charge on any atom is -0.535 e. The predicted molar refractivity (Wildman–Crippen MR) is 98.8 cm³/mol. The van der Waals surface area contributed by atoms with E-state index in [1.807, 2.05) is 7.11 Å². The standard InChI is InChI=1S/C20H36BO/c1-4-6-7-8-9-10-17-21(20(5-2)22-3)18-13-11-14-19(21)16-12-15-18/h18-19H,2,4,6-17H2,1,3H3/q-1. The van der Waals surface area contributed by atoms with Crippen LogP contribution in [0.5, 0.6) is 0 Å². The van der Waals surface area contributed by atoms with Crippen LogP contribution in [0.25, 0.3) is 0 Å². The summed E-state index contributed by atoms with van der Waals surface area (Å²) >= 11 is 0. The molecule has 126 valence electrons. The largest absolute Gasteiger partial charge is 0.535 e. The van der Waals surface area contributed by atoms with Gasteiger partial charge in [0.1, 0.15) is 0 Å². The third-order valence-electron chi connectivity index (χ3n) is 6.90. The molecule has 1 nitrogen and oxygen atoms in total. The molecule has 0 unspecified atom stereocenters. The molecule has 0 saturated carbocycles. The number of hydrogen-bond acceptors (Lipinski definition) is 1. The van der Waals surface area contributed by atoms with E-state index in [-0.39, 0.29) is 0 Å². The predicted octanol–water partition coefficient (Wildman–Crippen LogP) is 6.76. The van der Waals surface area contributed by atoms with E-state index < -0.39 is 6.15 Å². The van der Waals surface area contributed by atoms with Gasteiger partial charge in [-0.2, -0.15) is 18.0 Å². The minimum absolute atomic E-state index is 0.526. The van der Waals surface area contributed by atoms with Crippen LogP contribution in [0.1, 0.15) is 84.0 Å². The van der Waals surface area contributed by atoms with Gasteiger partial charge in [-0.3, -0.25) is 0 Å². The topological polar surface area (TPSA) is 9.23 Å². The average molecular weight is 303 g/mol. The van der Waals surface area contributed by atoms with Gasteiger partial charge in [0.2, 0.25) is 0 Å². The molecule has 2 fully saturated rings. The third kappa shape index (κ3) is 3.65. The molecule has 2 aliphatic heterocycles. The summed E-state index contributed by atoms with van der Waals surface area (Å²) in [6.45, 7) is 6.27. The molecule has 0 N–H and O–H groups in total. The summed E-state index contributed by atoms with van der Waals surface area (Å²) in [4.78, 5) is 0. The fourth-order valence-corrected chi connectivity index (χ4v) is 5.92. The van der Waals surface area contributed by atoms with E-state index in [1.165, 1.54) is 83.4 Å². The normalized spacial score (nSPS) is 30.6.